The van der Waals surface area contributed by atoms with E-state index in [2.05, 4.69) is 10.6 Å². The van der Waals surface area contributed by atoms with Crippen LogP contribution in [0.3, 0.4) is 0 Å². The van der Waals surface area contributed by atoms with Crippen LogP contribution in [0, 0.1) is 0 Å². The van der Waals surface area contributed by atoms with E-state index in [9.17, 15) is 18.0 Å². The highest BCUT2D eigenvalue weighted by atomic mass is 32.2. The second-order valence-electron chi connectivity index (χ2n) is 6.77. The van der Waals surface area contributed by atoms with Gasteiger partial charge in [0.2, 0.25) is 11.8 Å². The van der Waals surface area contributed by atoms with E-state index in [1.807, 2.05) is 60.7 Å². The maximum Gasteiger partial charge on any atom is 0.239 e. The third-order valence-electron chi connectivity index (χ3n) is 4.33. The molecule has 0 unspecified atom stereocenters. The van der Waals surface area contributed by atoms with E-state index in [-0.39, 0.29) is 0 Å². The van der Waals surface area contributed by atoms with Crippen molar-refractivity contribution in [2.45, 2.75) is 6.04 Å². The summed E-state index contributed by atoms with van der Waals surface area (Å²) in [5.74, 6) is -2.89. The number of amides is 2. The fourth-order valence-electron chi connectivity index (χ4n) is 3.02. The predicted molar refractivity (Wildman–Crippen MR) is 117 cm³/mol. The number of benzene rings is 3. The topological polar surface area (TPSA) is 92.3 Å². The van der Waals surface area contributed by atoms with E-state index >= 15 is 0 Å². The molecule has 3 aromatic carbocycles. The Labute approximate surface area is 175 Å². The van der Waals surface area contributed by atoms with Crippen LogP contribution >= 0.6 is 0 Å². The van der Waals surface area contributed by atoms with Crippen LogP contribution in [-0.2, 0) is 19.4 Å². The molecule has 0 aliphatic rings. The number of hydrogen-bond acceptors (Lipinski definition) is 4. The zero-order valence-corrected chi connectivity index (χ0v) is 17.0. The first kappa shape index (κ1) is 21.3. The van der Waals surface area contributed by atoms with Crippen molar-refractivity contribution in [3.8, 4) is 0 Å². The standard InChI is InChI=1S/C23H22N2O4S/c26-21(24-20-14-8-3-9-15-20)16-30(28,29)17-22(27)25-23(18-10-4-1-5-11-18)19-12-6-2-7-13-19/h1-15,23H,16-17H2,(H,24,26)(H,25,27). The molecule has 0 fully saturated rings. The molecule has 0 saturated heterocycles. The van der Waals surface area contributed by atoms with Gasteiger partial charge < -0.3 is 10.6 Å². The highest BCUT2D eigenvalue weighted by Crippen LogP contribution is 2.21. The van der Waals surface area contributed by atoms with Gasteiger partial charge in [-0.15, -0.1) is 0 Å². The van der Waals surface area contributed by atoms with Gasteiger partial charge in [0.15, 0.2) is 9.84 Å². The Morgan fingerprint density at radius 3 is 1.60 bits per heavy atom. The Balaban J connectivity index is 1.66. The van der Waals surface area contributed by atoms with E-state index in [1.54, 1.807) is 30.3 Å². The van der Waals surface area contributed by atoms with Crippen molar-refractivity contribution in [3.63, 3.8) is 0 Å². The average molecular weight is 423 g/mol. The maximum absolute atomic E-state index is 12.5. The number of hydrogen-bond donors (Lipinski definition) is 2. The lowest BCUT2D eigenvalue weighted by Crippen LogP contribution is -2.36. The Hall–Kier alpha value is -3.45. The molecule has 0 atom stereocenters. The molecule has 0 saturated carbocycles. The van der Waals surface area contributed by atoms with E-state index in [0.717, 1.165) is 11.1 Å². The highest BCUT2D eigenvalue weighted by Gasteiger charge is 2.24. The quantitative estimate of drug-likeness (QED) is 0.584. The van der Waals surface area contributed by atoms with Crippen molar-refractivity contribution >= 4 is 27.3 Å². The summed E-state index contributed by atoms with van der Waals surface area (Å²) in [7, 11) is -3.93. The molecular formula is C23H22N2O4S. The molecule has 0 aromatic heterocycles. The van der Waals surface area contributed by atoms with Gasteiger partial charge in [-0.2, -0.15) is 0 Å². The molecule has 2 N–H and O–H groups in total. The summed E-state index contributed by atoms with van der Waals surface area (Å²) in [6, 6.07) is 26.6. The lowest BCUT2D eigenvalue weighted by atomic mass is 9.99. The van der Waals surface area contributed by atoms with E-state index in [0.29, 0.717) is 5.69 Å². The third kappa shape index (κ3) is 6.28. The summed E-state index contributed by atoms with van der Waals surface area (Å²) in [4.78, 5) is 24.6. The molecule has 30 heavy (non-hydrogen) atoms. The molecule has 0 aliphatic heterocycles. The van der Waals surface area contributed by atoms with Gasteiger partial charge in [-0.25, -0.2) is 8.42 Å². The van der Waals surface area contributed by atoms with Crippen LogP contribution in [0.2, 0.25) is 0 Å². The number of anilines is 1. The summed E-state index contributed by atoms with van der Waals surface area (Å²) in [6.07, 6.45) is 0. The number of carbonyl (C=O) groups is 2. The summed E-state index contributed by atoms with van der Waals surface area (Å²) in [5.41, 5.74) is 2.16. The van der Waals surface area contributed by atoms with Gasteiger partial charge in [0, 0.05) is 5.69 Å². The van der Waals surface area contributed by atoms with Gasteiger partial charge in [0.25, 0.3) is 0 Å². The highest BCUT2D eigenvalue weighted by molar-refractivity contribution is 7.92. The molecule has 3 aromatic rings. The molecule has 0 aliphatic carbocycles. The number of nitrogens with one attached hydrogen (secondary N) is 2. The van der Waals surface area contributed by atoms with E-state index in [1.165, 1.54) is 0 Å². The monoisotopic (exact) mass is 422 g/mol. The van der Waals surface area contributed by atoms with Crippen molar-refractivity contribution in [1.29, 1.82) is 0 Å². The van der Waals surface area contributed by atoms with Crippen molar-refractivity contribution in [2.75, 3.05) is 16.8 Å². The Bertz CT molecular complexity index is 1050. The van der Waals surface area contributed by atoms with Gasteiger partial charge >= 0.3 is 0 Å². The molecular weight excluding hydrogens is 400 g/mol. The smallest absolute Gasteiger partial charge is 0.239 e. The van der Waals surface area contributed by atoms with Crippen LogP contribution in [0.25, 0.3) is 0 Å². The van der Waals surface area contributed by atoms with Gasteiger partial charge in [0.1, 0.15) is 11.5 Å². The van der Waals surface area contributed by atoms with Crippen LogP contribution in [0.5, 0.6) is 0 Å². The molecule has 2 amide bonds. The lowest BCUT2D eigenvalue weighted by Gasteiger charge is -2.20. The van der Waals surface area contributed by atoms with Crippen molar-refractivity contribution < 1.29 is 18.0 Å². The van der Waals surface area contributed by atoms with Crippen LogP contribution in [0.15, 0.2) is 91.0 Å². The van der Waals surface area contributed by atoms with Gasteiger partial charge in [-0.3, -0.25) is 9.59 Å². The fourth-order valence-corrected chi connectivity index (χ4v) is 4.08. The molecule has 3 rings (SSSR count). The second-order valence-corrected chi connectivity index (χ2v) is 8.83. The van der Waals surface area contributed by atoms with Crippen LogP contribution < -0.4 is 10.6 Å². The number of sulfone groups is 1. The maximum atomic E-state index is 12.5. The normalized spacial score (nSPS) is 11.1. The van der Waals surface area contributed by atoms with E-state index in [4.69, 9.17) is 0 Å². The third-order valence-corrected chi connectivity index (χ3v) is 5.73. The van der Waals surface area contributed by atoms with Crippen molar-refractivity contribution in [3.05, 3.63) is 102 Å². The Morgan fingerprint density at radius 2 is 1.10 bits per heavy atom. The van der Waals surface area contributed by atoms with Gasteiger partial charge in [-0.05, 0) is 23.3 Å². The Kier molecular flexibility index (Phi) is 6.98. The van der Waals surface area contributed by atoms with Gasteiger partial charge in [0.05, 0.1) is 6.04 Å². The summed E-state index contributed by atoms with van der Waals surface area (Å²) < 4.78 is 24.7. The molecule has 0 spiro atoms. The molecule has 0 heterocycles. The van der Waals surface area contributed by atoms with Crippen molar-refractivity contribution in [1.82, 2.24) is 5.32 Å². The molecule has 154 valence electrons. The van der Waals surface area contributed by atoms with Crippen LogP contribution in [0.1, 0.15) is 17.2 Å². The predicted octanol–water partition coefficient (Wildman–Crippen LogP) is 2.95. The number of para-hydroxylation sites is 1. The Morgan fingerprint density at radius 1 is 0.667 bits per heavy atom. The van der Waals surface area contributed by atoms with E-state index < -0.39 is 39.2 Å². The zero-order chi connectivity index (χ0) is 21.4. The largest absolute Gasteiger partial charge is 0.344 e. The molecule has 6 nitrogen and oxygen atoms in total. The minimum atomic E-state index is -3.93. The number of rotatable bonds is 8. The molecule has 0 radical (unpaired) electrons. The number of carbonyl (C=O) groups excluding carboxylic acids is 2. The minimum absolute atomic E-state index is 0.492. The minimum Gasteiger partial charge on any atom is -0.344 e. The first-order valence-electron chi connectivity index (χ1n) is 9.37. The fraction of sp³-hybridized carbons (Fsp3) is 0.130. The summed E-state index contributed by atoms with van der Waals surface area (Å²) in [6.45, 7) is 0. The summed E-state index contributed by atoms with van der Waals surface area (Å²) in [5, 5.41) is 5.29. The zero-order valence-electron chi connectivity index (χ0n) is 16.2. The second kappa shape index (κ2) is 9.84. The summed E-state index contributed by atoms with van der Waals surface area (Å²) >= 11 is 0. The van der Waals surface area contributed by atoms with Crippen LogP contribution in [0.4, 0.5) is 5.69 Å². The first-order valence-corrected chi connectivity index (χ1v) is 11.2. The van der Waals surface area contributed by atoms with Crippen molar-refractivity contribution in [2.24, 2.45) is 0 Å². The lowest BCUT2D eigenvalue weighted by molar-refractivity contribution is -0.119. The SMILES string of the molecule is O=C(CS(=O)(=O)CC(=O)NC(c1ccccc1)c1ccccc1)Nc1ccccc1. The average Bonchev–Trinajstić information content (AvgIpc) is 2.73. The van der Waals surface area contributed by atoms with Gasteiger partial charge in [-0.1, -0.05) is 78.9 Å². The molecule has 7 heteroatoms. The first-order chi connectivity index (χ1) is 14.4. The van der Waals surface area contributed by atoms with Crippen LogP contribution in [-0.4, -0.2) is 31.7 Å². The molecule has 0 bridgehead atoms.